The fourth-order valence-electron chi connectivity index (χ4n) is 3.08. The molecule has 3 heterocycles. The third-order valence-electron chi connectivity index (χ3n) is 4.34. The van der Waals surface area contributed by atoms with Crippen molar-refractivity contribution in [2.75, 3.05) is 18.4 Å². The average molecular weight is 335 g/mol. The lowest BCUT2D eigenvalue weighted by atomic mass is 10.2. The van der Waals surface area contributed by atoms with Gasteiger partial charge in [-0.05, 0) is 30.7 Å². The molecule has 0 aliphatic carbocycles. The minimum Gasteiger partial charge on any atom is -0.351 e. The molecule has 2 aromatic heterocycles. The highest BCUT2D eigenvalue weighted by atomic mass is 16.2. The number of pyridine rings is 1. The largest absolute Gasteiger partial charge is 0.351 e. The summed E-state index contributed by atoms with van der Waals surface area (Å²) in [7, 11) is 0. The molecule has 1 unspecified atom stereocenters. The van der Waals surface area contributed by atoms with Crippen molar-refractivity contribution in [3.05, 3.63) is 64.7 Å². The first-order valence-corrected chi connectivity index (χ1v) is 8.15. The number of carbonyl (C=O) groups excluding carboxylic acids is 1. The number of carbonyl (C=O) groups is 1. The van der Waals surface area contributed by atoms with Crippen molar-refractivity contribution in [1.82, 2.24) is 19.9 Å². The number of hydrogen-bond acceptors (Lipinski definition) is 5. The molecule has 126 valence electrons. The molecule has 1 aliphatic heterocycles. The summed E-state index contributed by atoms with van der Waals surface area (Å²) in [4.78, 5) is 37.6. The van der Waals surface area contributed by atoms with Gasteiger partial charge in [0.2, 0.25) is 5.95 Å². The van der Waals surface area contributed by atoms with Crippen LogP contribution in [0.1, 0.15) is 16.8 Å². The van der Waals surface area contributed by atoms with Crippen LogP contribution in [0.2, 0.25) is 0 Å². The highest BCUT2D eigenvalue weighted by Crippen LogP contribution is 2.16. The lowest BCUT2D eigenvalue weighted by Gasteiger charge is -2.17. The van der Waals surface area contributed by atoms with Crippen molar-refractivity contribution in [3.63, 3.8) is 0 Å². The van der Waals surface area contributed by atoms with E-state index in [0.717, 1.165) is 6.42 Å². The molecule has 3 aromatic rings. The molecular weight excluding hydrogens is 318 g/mol. The number of H-pyrrole nitrogens is 1. The van der Waals surface area contributed by atoms with Crippen LogP contribution < -0.4 is 10.9 Å². The van der Waals surface area contributed by atoms with Gasteiger partial charge in [-0.3, -0.25) is 19.6 Å². The number of nitrogens with one attached hydrogen (secondary N) is 2. The van der Waals surface area contributed by atoms with Crippen LogP contribution in [-0.4, -0.2) is 44.9 Å². The number of nitrogens with zero attached hydrogens (tertiary/aromatic N) is 3. The second-order valence-corrected chi connectivity index (χ2v) is 6.05. The van der Waals surface area contributed by atoms with E-state index in [1.165, 1.54) is 0 Å². The molecule has 0 spiro atoms. The van der Waals surface area contributed by atoms with E-state index in [9.17, 15) is 9.59 Å². The Hall–Kier alpha value is -3.22. The molecule has 7 heteroatoms. The second kappa shape index (κ2) is 6.35. The van der Waals surface area contributed by atoms with Crippen LogP contribution in [0, 0.1) is 0 Å². The van der Waals surface area contributed by atoms with Crippen molar-refractivity contribution in [1.29, 1.82) is 0 Å². The van der Waals surface area contributed by atoms with Gasteiger partial charge in [0.15, 0.2) is 0 Å². The second-order valence-electron chi connectivity index (χ2n) is 6.05. The normalized spacial score (nSPS) is 17.0. The molecule has 0 radical (unpaired) electrons. The van der Waals surface area contributed by atoms with Gasteiger partial charge in [0, 0.05) is 31.5 Å². The summed E-state index contributed by atoms with van der Waals surface area (Å²) in [6.07, 6.45) is 4.01. The van der Waals surface area contributed by atoms with Crippen LogP contribution in [0.15, 0.2) is 53.6 Å². The molecule has 0 bridgehead atoms. The molecule has 1 atom stereocenters. The van der Waals surface area contributed by atoms with Gasteiger partial charge in [0.1, 0.15) is 0 Å². The fraction of sp³-hybridized carbons (Fsp3) is 0.222. The number of para-hydroxylation sites is 1. The first-order chi connectivity index (χ1) is 12.2. The SMILES string of the molecule is O=C(c1cccnc1)N1CCC(Nc2nc3ccccc3c(=O)[nH]2)C1. The van der Waals surface area contributed by atoms with E-state index in [4.69, 9.17) is 0 Å². The van der Waals surface area contributed by atoms with Crippen molar-refractivity contribution in [2.24, 2.45) is 0 Å². The quantitative estimate of drug-likeness (QED) is 0.759. The van der Waals surface area contributed by atoms with Gasteiger partial charge in [0.25, 0.3) is 11.5 Å². The van der Waals surface area contributed by atoms with E-state index in [1.54, 1.807) is 35.5 Å². The third-order valence-corrected chi connectivity index (χ3v) is 4.34. The molecule has 25 heavy (non-hydrogen) atoms. The predicted molar refractivity (Wildman–Crippen MR) is 94.5 cm³/mol. The fourth-order valence-corrected chi connectivity index (χ4v) is 3.08. The van der Waals surface area contributed by atoms with Crippen LogP contribution >= 0.6 is 0 Å². The maximum Gasteiger partial charge on any atom is 0.260 e. The van der Waals surface area contributed by atoms with Gasteiger partial charge in [-0.25, -0.2) is 4.98 Å². The first-order valence-electron chi connectivity index (χ1n) is 8.15. The zero-order chi connectivity index (χ0) is 17.2. The highest BCUT2D eigenvalue weighted by Gasteiger charge is 2.27. The van der Waals surface area contributed by atoms with Crippen LogP contribution in [0.3, 0.4) is 0 Å². The predicted octanol–water partition coefficient (Wildman–Crippen LogP) is 1.64. The molecule has 1 fully saturated rings. The number of fused-ring (bicyclic) bond motifs is 1. The van der Waals surface area contributed by atoms with Gasteiger partial charge < -0.3 is 10.2 Å². The zero-order valence-corrected chi connectivity index (χ0v) is 13.5. The molecule has 4 rings (SSSR count). The van der Waals surface area contributed by atoms with Gasteiger partial charge in [-0.2, -0.15) is 0 Å². The summed E-state index contributed by atoms with van der Waals surface area (Å²) in [6.45, 7) is 1.22. The van der Waals surface area contributed by atoms with Gasteiger partial charge in [-0.15, -0.1) is 0 Å². The van der Waals surface area contributed by atoms with Crippen molar-refractivity contribution >= 4 is 22.8 Å². The molecule has 7 nitrogen and oxygen atoms in total. The van der Waals surface area contributed by atoms with E-state index in [-0.39, 0.29) is 17.5 Å². The van der Waals surface area contributed by atoms with Crippen LogP contribution in [0.25, 0.3) is 10.9 Å². The topological polar surface area (TPSA) is 91.0 Å². The number of aromatic nitrogens is 3. The Kier molecular flexibility index (Phi) is 3.89. The number of aromatic amines is 1. The Labute approximate surface area is 143 Å². The van der Waals surface area contributed by atoms with Gasteiger partial charge in [-0.1, -0.05) is 12.1 Å². The minimum atomic E-state index is -0.172. The molecule has 1 aliphatic rings. The van der Waals surface area contributed by atoms with E-state index >= 15 is 0 Å². The lowest BCUT2D eigenvalue weighted by Crippen LogP contribution is -2.32. The Bertz CT molecular complexity index is 970. The van der Waals surface area contributed by atoms with Crippen LogP contribution in [0.4, 0.5) is 5.95 Å². The Balaban J connectivity index is 1.48. The third kappa shape index (κ3) is 3.08. The summed E-state index contributed by atoms with van der Waals surface area (Å²) >= 11 is 0. The smallest absolute Gasteiger partial charge is 0.260 e. The first kappa shape index (κ1) is 15.3. The van der Waals surface area contributed by atoms with E-state index < -0.39 is 0 Å². The monoisotopic (exact) mass is 335 g/mol. The van der Waals surface area contributed by atoms with E-state index in [0.29, 0.717) is 35.5 Å². The van der Waals surface area contributed by atoms with Crippen molar-refractivity contribution in [3.8, 4) is 0 Å². The van der Waals surface area contributed by atoms with E-state index in [2.05, 4.69) is 20.3 Å². The van der Waals surface area contributed by atoms with Crippen molar-refractivity contribution in [2.45, 2.75) is 12.5 Å². The number of anilines is 1. The maximum atomic E-state index is 12.5. The summed E-state index contributed by atoms with van der Waals surface area (Å²) in [5.41, 5.74) is 1.06. The molecule has 2 N–H and O–H groups in total. The van der Waals surface area contributed by atoms with Gasteiger partial charge >= 0.3 is 0 Å². The summed E-state index contributed by atoms with van der Waals surface area (Å²) in [5, 5.41) is 3.80. The zero-order valence-electron chi connectivity index (χ0n) is 13.5. The summed E-state index contributed by atoms with van der Waals surface area (Å²) < 4.78 is 0. The summed E-state index contributed by atoms with van der Waals surface area (Å²) in [6, 6.07) is 10.8. The Morgan fingerprint density at radius 1 is 1.24 bits per heavy atom. The maximum absolute atomic E-state index is 12.5. The number of hydrogen-bond donors (Lipinski definition) is 2. The number of likely N-dealkylation sites (tertiary alicyclic amines) is 1. The molecule has 1 amide bonds. The molecule has 1 aromatic carbocycles. The van der Waals surface area contributed by atoms with Crippen molar-refractivity contribution < 1.29 is 4.79 Å². The Morgan fingerprint density at radius 3 is 2.96 bits per heavy atom. The minimum absolute atomic E-state index is 0.0302. The number of benzene rings is 1. The van der Waals surface area contributed by atoms with Crippen LogP contribution in [0.5, 0.6) is 0 Å². The van der Waals surface area contributed by atoms with Crippen LogP contribution in [-0.2, 0) is 0 Å². The molecule has 0 saturated carbocycles. The van der Waals surface area contributed by atoms with E-state index in [1.807, 2.05) is 18.2 Å². The standard InChI is InChI=1S/C18H17N5O2/c24-16-14-5-1-2-6-15(14)21-18(22-16)20-13-7-9-23(11-13)17(25)12-4-3-8-19-10-12/h1-6,8,10,13H,7,9,11H2,(H2,20,21,22,24). The Morgan fingerprint density at radius 2 is 2.12 bits per heavy atom. The molecular formula is C18H17N5O2. The highest BCUT2D eigenvalue weighted by molar-refractivity contribution is 5.94. The molecule has 1 saturated heterocycles. The average Bonchev–Trinajstić information content (AvgIpc) is 3.10. The lowest BCUT2D eigenvalue weighted by molar-refractivity contribution is 0.0791. The number of rotatable bonds is 3. The number of amides is 1. The van der Waals surface area contributed by atoms with Gasteiger partial charge in [0.05, 0.1) is 16.5 Å². The summed E-state index contributed by atoms with van der Waals surface area (Å²) in [5.74, 6) is 0.404.